The van der Waals surface area contributed by atoms with E-state index in [-0.39, 0.29) is 5.75 Å². The van der Waals surface area contributed by atoms with Gasteiger partial charge in [0.2, 0.25) is 10.0 Å². The van der Waals surface area contributed by atoms with E-state index in [1.54, 1.807) is 0 Å². The van der Waals surface area contributed by atoms with Crippen molar-refractivity contribution >= 4 is 10.0 Å². The number of sulfonamides is 1. The van der Waals surface area contributed by atoms with Crippen molar-refractivity contribution in [3.8, 4) is 0 Å². The van der Waals surface area contributed by atoms with Crippen LogP contribution in [0.4, 0.5) is 0 Å². The van der Waals surface area contributed by atoms with Crippen LogP contribution in [0.25, 0.3) is 0 Å². The highest BCUT2D eigenvalue weighted by Crippen LogP contribution is 2.27. The van der Waals surface area contributed by atoms with Crippen LogP contribution in [0.1, 0.15) is 59.3 Å². The molecule has 2 unspecified atom stereocenters. The molecule has 4 nitrogen and oxygen atoms in total. The summed E-state index contributed by atoms with van der Waals surface area (Å²) in [5, 5.41) is 3.31. The molecule has 0 aromatic rings. The van der Waals surface area contributed by atoms with E-state index in [1.807, 2.05) is 0 Å². The molecular formula is C15H32N2O2S. The van der Waals surface area contributed by atoms with E-state index >= 15 is 0 Å². The van der Waals surface area contributed by atoms with Crippen molar-refractivity contribution in [3.63, 3.8) is 0 Å². The molecule has 0 radical (unpaired) electrons. The van der Waals surface area contributed by atoms with Crippen LogP contribution < -0.4 is 10.0 Å². The summed E-state index contributed by atoms with van der Waals surface area (Å²) in [6.45, 7) is 8.00. The van der Waals surface area contributed by atoms with Gasteiger partial charge in [-0.2, -0.15) is 0 Å². The van der Waals surface area contributed by atoms with Crippen molar-refractivity contribution in [2.75, 3.05) is 18.8 Å². The summed E-state index contributed by atoms with van der Waals surface area (Å²) in [6.07, 6.45) is 6.53. The van der Waals surface area contributed by atoms with E-state index < -0.39 is 10.0 Å². The standard InChI is InChI=1S/C15H32N2O2S/c1-13(2)16-9-4-5-10-20(18,19)17-12-15-8-6-7-14(3)11-15/h13-17H,4-12H2,1-3H3. The van der Waals surface area contributed by atoms with Gasteiger partial charge in [-0.05, 0) is 44.1 Å². The van der Waals surface area contributed by atoms with Gasteiger partial charge in [0.15, 0.2) is 0 Å². The van der Waals surface area contributed by atoms with Gasteiger partial charge < -0.3 is 5.32 Å². The molecule has 1 aliphatic carbocycles. The topological polar surface area (TPSA) is 58.2 Å². The lowest BCUT2D eigenvalue weighted by Crippen LogP contribution is -2.33. The Hall–Kier alpha value is -0.130. The largest absolute Gasteiger partial charge is 0.315 e. The Bertz CT molecular complexity index is 355. The van der Waals surface area contributed by atoms with Crippen molar-refractivity contribution in [3.05, 3.63) is 0 Å². The maximum absolute atomic E-state index is 11.9. The minimum absolute atomic E-state index is 0.259. The molecule has 120 valence electrons. The Morgan fingerprint density at radius 3 is 2.60 bits per heavy atom. The van der Waals surface area contributed by atoms with Crippen LogP contribution in [0.3, 0.4) is 0 Å². The zero-order chi connectivity index (χ0) is 15.0. The smallest absolute Gasteiger partial charge is 0.211 e. The summed E-state index contributed by atoms with van der Waals surface area (Å²) in [5.41, 5.74) is 0. The van der Waals surface area contributed by atoms with Crippen LogP contribution in [-0.4, -0.2) is 33.3 Å². The molecule has 1 fully saturated rings. The summed E-state index contributed by atoms with van der Waals surface area (Å²) in [7, 11) is -3.08. The van der Waals surface area contributed by atoms with Gasteiger partial charge in [0.25, 0.3) is 0 Å². The molecule has 0 aromatic heterocycles. The van der Waals surface area contributed by atoms with E-state index in [2.05, 4.69) is 30.8 Å². The van der Waals surface area contributed by atoms with E-state index in [0.29, 0.717) is 18.5 Å². The van der Waals surface area contributed by atoms with Crippen LogP contribution in [0, 0.1) is 11.8 Å². The van der Waals surface area contributed by atoms with E-state index in [0.717, 1.165) is 25.3 Å². The molecule has 0 amide bonds. The third-order valence-electron chi connectivity index (χ3n) is 4.03. The Morgan fingerprint density at radius 1 is 1.20 bits per heavy atom. The molecule has 1 aliphatic rings. The number of unbranched alkanes of at least 4 members (excludes halogenated alkanes) is 1. The molecule has 0 heterocycles. The first kappa shape index (κ1) is 17.9. The van der Waals surface area contributed by atoms with Crippen LogP contribution >= 0.6 is 0 Å². The monoisotopic (exact) mass is 304 g/mol. The summed E-state index contributed by atoms with van der Waals surface area (Å²) >= 11 is 0. The van der Waals surface area contributed by atoms with Gasteiger partial charge in [-0.25, -0.2) is 13.1 Å². The molecule has 0 aromatic carbocycles. The zero-order valence-electron chi connectivity index (χ0n) is 13.3. The zero-order valence-corrected chi connectivity index (χ0v) is 14.1. The molecule has 0 aliphatic heterocycles. The second-order valence-electron chi connectivity index (χ2n) is 6.62. The number of hydrogen-bond donors (Lipinski definition) is 2. The molecule has 2 N–H and O–H groups in total. The van der Waals surface area contributed by atoms with Crippen molar-refractivity contribution in [1.82, 2.24) is 10.0 Å². The summed E-state index contributed by atoms with van der Waals surface area (Å²) in [4.78, 5) is 0. The van der Waals surface area contributed by atoms with E-state index in [1.165, 1.54) is 25.7 Å². The quantitative estimate of drug-likeness (QED) is 0.644. The van der Waals surface area contributed by atoms with Gasteiger partial charge in [0.1, 0.15) is 0 Å². The molecule has 1 saturated carbocycles. The molecule has 2 atom stereocenters. The third kappa shape index (κ3) is 8.22. The minimum atomic E-state index is -3.08. The van der Waals surface area contributed by atoms with Crippen LogP contribution in [0.2, 0.25) is 0 Å². The number of rotatable bonds is 9. The number of nitrogens with one attached hydrogen (secondary N) is 2. The molecule has 0 bridgehead atoms. The van der Waals surface area contributed by atoms with Crippen molar-refractivity contribution in [2.24, 2.45) is 11.8 Å². The first-order valence-electron chi connectivity index (χ1n) is 8.10. The van der Waals surface area contributed by atoms with Crippen molar-refractivity contribution in [2.45, 2.75) is 65.3 Å². The molecule has 0 spiro atoms. The summed E-state index contributed by atoms with van der Waals surface area (Å²) in [6, 6.07) is 0.470. The highest BCUT2D eigenvalue weighted by molar-refractivity contribution is 7.89. The first-order valence-corrected chi connectivity index (χ1v) is 9.75. The average Bonchev–Trinajstić information content (AvgIpc) is 2.36. The maximum Gasteiger partial charge on any atom is 0.211 e. The fourth-order valence-corrected chi connectivity index (χ4v) is 4.09. The van der Waals surface area contributed by atoms with Gasteiger partial charge in [-0.15, -0.1) is 0 Å². The third-order valence-corrected chi connectivity index (χ3v) is 5.46. The maximum atomic E-state index is 11.9. The van der Waals surface area contributed by atoms with Crippen LogP contribution in [-0.2, 0) is 10.0 Å². The van der Waals surface area contributed by atoms with E-state index in [9.17, 15) is 8.42 Å². The Labute approximate surface area is 125 Å². The SMILES string of the molecule is CC1CCCC(CNS(=O)(=O)CCCCNC(C)C)C1. The minimum Gasteiger partial charge on any atom is -0.315 e. The van der Waals surface area contributed by atoms with Gasteiger partial charge in [-0.1, -0.05) is 33.6 Å². The lowest BCUT2D eigenvalue weighted by atomic mass is 9.83. The predicted molar refractivity (Wildman–Crippen MR) is 85.3 cm³/mol. The second-order valence-corrected chi connectivity index (χ2v) is 8.55. The molecular weight excluding hydrogens is 272 g/mol. The lowest BCUT2D eigenvalue weighted by molar-refractivity contribution is 0.283. The first-order chi connectivity index (χ1) is 9.39. The lowest BCUT2D eigenvalue weighted by Gasteiger charge is -2.26. The van der Waals surface area contributed by atoms with Gasteiger partial charge in [-0.3, -0.25) is 0 Å². The summed E-state index contributed by atoms with van der Waals surface area (Å²) in [5.74, 6) is 1.55. The Balaban J connectivity index is 2.14. The van der Waals surface area contributed by atoms with Gasteiger partial charge in [0, 0.05) is 12.6 Å². The van der Waals surface area contributed by atoms with Gasteiger partial charge in [0.05, 0.1) is 5.75 Å². The number of hydrogen-bond acceptors (Lipinski definition) is 3. The van der Waals surface area contributed by atoms with Crippen molar-refractivity contribution < 1.29 is 8.42 Å². The van der Waals surface area contributed by atoms with Crippen molar-refractivity contribution in [1.29, 1.82) is 0 Å². The molecule has 0 saturated heterocycles. The Morgan fingerprint density at radius 2 is 1.95 bits per heavy atom. The fourth-order valence-electron chi connectivity index (χ4n) is 2.87. The molecule has 20 heavy (non-hydrogen) atoms. The van der Waals surface area contributed by atoms with Gasteiger partial charge >= 0.3 is 0 Å². The highest BCUT2D eigenvalue weighted by atomic mass is 32.2. The fraction of sp³-hybridized carbons (Fsp3) is 1.00. The molecule has 5 heteroatoms. The predicted octanol–water partition coefficient (Wildman–Crippen LogP) is 2.51. The van der Waals surface area contributed by atoms with E-state index in [4.69, 9.17) is 0 Å². The molecule has 1 rings (SSSR count). The van der Waals surface area contributed by atoms with Crippen LogP contribution in [0.5, 0.6) is 0 Å². The Kier molecular flexibility index (Phi) is 8.07. The van der Waals surface area contributed by atoms with Crippen LogP contribution in [0.15, 0.2) is 0 Å². The highest BCUT2D eigenvalue weighted by Gasteiger charge is 2.20. The second kappa shape index (κ2) is 9.00. The average molecular weight is 305 g/mol. The summed E-state index contributed by atoms with van der Waals surface area (Å²) < 4.78 is 26.6. The normalized spacial score (nSPS) is 24.2.